The maximum atomic E-state index is 10.1. The lowest BCUT2D eigenvalue weighted by Gasteiger charge is -2.32. The van der Waals surface area contributed by atoms with Crippen LogP contribution in [0.15, 0.2) is 6.20 Å². The molecule has 2 atom stereocenters. The summed E-state index contributed by atoms with van der Waals surface area (Å²) < 4.78 is 1.94. The summed E-state index contributed by atoms with van der Waals surface area (Å²) in [7, 11) is 0. The summed E-state index contributed by atoms with van der Waals surface area (Å²) in [6.45, 7) is 8.47. The maximum Gasteiger partial charge on any atom is 0.114 e. The monoisotopic (exact) mass is 349 g/mol. The normalized spacial score (nSPS) is 22.0. The molecular formula is C17H27N5OS. The number of hydrogen-bond acceptors (Lipinski definition) is 6. The number of hydrogen-bond donors (Lipinski definition) is 2. The van der Waals surface area contributed by atoms with E-state index in [0.29, 0.717) is 11.7 Å². The molecule has 6 nitrogen and oxygen atoms in total. The molecule has 0 unspecified atom stereocenters. The van der Waals surface area contributed by atoms with Gasteiger partial charge in [-0.1, -0.05) is 18.1 Å². The van der Waals surface area contributed by atoms with E-state index >= 15 is 0 Å². The highest BCUT2D eigenvalue weighted by Gasteiger charge is 2.29. The predicted molar refractivity (Wildman–Crippen MR) is 95.0 cm³/mol. The number of nitrogens with zero attached hydrogens (tertiary/aromatic N) is 4. The van der Waals surface area contributed by atoms with Gasteiger partial charge in [0.15, 0.2) is 0 Å². The molecule has 132 valence electrons. The van der Waals surface area contributed by atoms with Gasteiger partial charge in [0.1, 0.15) is 11.3 Å². The fraction of sp³-hybridized carbons (Fsp3) is 0.706. The Bertz CT molecular complexity index is 687. The standard InChI is InChI=1S/C17H27N5OS/c1-11-15(24-12(2)19-11)9-18-13-7-5-6-8-14(13)22-10-16(20-21-22)17(3,4)23/h10,13-14,18,23H,5-9H2,1-4H3/t13-,14+/m0/s1. The minimum atomic E-state index is -0.951. The molecule has 1 aliphatic rings. The second-order valence-corrected chi connectivity index (χ2v) is 8.51. The maximum absolute atomic E-state index is 10.1. The average molecular weight is 350 g/mol. The van der Waals surface area contributed by atoms with Gasteiger partial charge in [-0.2, -0.15) is 0 Å². The van der Waals surface area contributed by atoms with Gasteiger partial charge < -0.3 is 10.4 Å². The summed E-state index contributed by atoms with van der Waals surface area (Å²) in [5, 5.41) is 23.4. The van der Waals surface area contributed by atoms with Crippen molar-refractivity contribution in [1.82, 2.24) is 25.3 Å². The molecule has 0 aromatic carbocycles. The Balaban J connectivity index is 1.71. The van der Waals surface area contributed by atoms with Crippen molar-refractivity contribution in [2.75, 3.05) is 0 Å². The summed E-state index contributed by atoms with van der Waals surface area (Å²) in [6, 6.07) is 0.661. The molecule has 1 aliphatic carbocycles. The number of thiazole rings is 1. The first-order chi connectivity index (χ1) is 11.3. The Kier molecular flexibility index (Phi) is 5.03. The van der Waals surface area contributed by atoms with Crippen LogP contribution in [0, 0.1) is 13.8 Å². The van der Waals surface area contributed by atoms with Gasteiger partial charge in [-0.3, -0.25) is 0 Å². The first-order valence-electron chi connectivity index (χ1n) is 8.65. The molecule has 24 heavy (non-hydrogen) atoms. The third kappa shape index (κ3) is 3.84. The molecule has 7 heteroatoms. The fourth-order valence-corrected chi connectivity index (χ4v) is 4.23. The molecule has 0 bridgehead atoms. The number of nitrogens with one attached hydrogen (secondary N) is 1. The van der Waals surface area contributed by atoms with E-state index in [4.69, 9.17) is 0 Å². The molecule has 1 saturated carbocycles. The zero-order valence-electron chi connectivity index (χ0n) is 14.9. The molecule has 2 aromatic rings. The van der Waals surface area contributed by atoms with Crippen molar-refractivity contribution in [3.05, 3.63) is 27.5 Å². The topological polar surface area (TPSA) is 75.9 Å². The highest BCUT2D eigenvalue weighted by atomic mass is 32.1. The summed E-state index contributed by atoms with van der Waals surface area (Å²) in [5.41, 5.74) is 0.802. The molecule has 2 N–H and O–H groups in total. The first-order valence-corrected chi connectivity index (χ1v) is 9.47. The van der Waals surface area contributed by atoms with E-state index in [2.05, 4.69) is 34.5 Å². The molecule has 2 heterocycles. The van der Waals surface area contributed by atoms with Crippen LogP contribution in [0.2, 0.25) is 0 Å². The van der Waals surface area contributed by atoms with Crippen molar-refractivity contribution in [1.29, 1.82) is 0 Å². The minimum absolute atomic E-state index is 0.289. The van der Waals surface area contributed by atoms with Crippen molar-refractivity contribution in [2.45, 2.75) is 77.6 Å². The van der Waals surface area contributed by atoms with Crippen LogP contribution in [0.4, 0.5) is 0 Å². The van der Waals surface area contributed by atoms with Crippen LogP contribution in [-0.4, -0.2) is 31.1 Å². The summed E-state index contributed by atoms with van der Waals surface area (Å²) in [6.07, 6.45) is 6.57. The molecule has 0 aliphatic heterocycles. The van der Waals surface area contributed by atoms with E-state index < -0.39 is 5.60 Å². The smallest absolute Gasteiger partial charge is 0.114 e. The number of aromatic nitrogens is 4. The van der Waals surface area contributed by atoms with Crippen molar-refractivity contribution in [2.24, 2.45) is 0 Å². The van der Waals surface area contributed by atoms with Gasteiger partial charge in [-0.15, -0.1) is 16.4 Å². The molecule has 0 spiro atoms. The zero-order valence-corrected chi connectivity index (χ0v) is 15.7. The molecule has 2 aromatic heterocycles. The van der Waals surface area contributed by atoms with Gasteiger partial charge in [0.05, 0.1) is 22.9 Å². The lowest BCUT2D eigenvalue weighted by molar-refractivity contribution is 0.0736. The summed E-state index contributed by atoms with van der Waals surface area (Å²) in [4.78, 5) is 5.82. The molecule has 0 radical (unpaired) electrons. The number of rotatable bonds is 5. The van der Waals surface area contributed by atoms with Gasteiger partial charge in [-0.05, 0) is 40.5 Å². The molecule has 0 amide bonds. The van der Waals surface area contributed by atoms with Gasteiger partial charge in [0, 0.05) is 17.5 Å². The van der Waals surface area contributed by atoms with Crippen molar-refractivity contribution >= 4 is 11.3 Å². The van der Waals surface area contributed by atoms with Gasteiger partial charge >= 0.3 is 0 Å². The van der Waals surface area contributed by atoms with Crippen molar-refractivity contribution < 1.29 is 5.11 Å². The quantitative estimate of drug-likeness (QED) is 0.868. The largest absolute Gasteiger partial charge is 0.384 e. The second kappa shape index (κ2) is 6.90. The van der Waals surface area contributed by atoms with E-state index in [1.165, 1.54) is 17.7 Å². The highest BCUT2D eigenvalue weighted by Crippen LogP contribution is 2.30. The van der Waals surface area contributed by atoms with Gasteiger partial charge in [0.25, 0.3) is 0 Å². The Morgan fingerprint density at radius 3 is 2.71 bits per heavy atom. The Morgan fingerprint density at radius 2 is 2.08 bits per heavy atom. The van der Waals surface area contributed by atoms with Crippen LogP contribution in [0.3, 0.4) is 0 Å². The van der Waals surface area contributed by atoms with Crippen molar-refractivity contribution in [3.8, 4) is 0 Å². The van der Waals surface area contributed by atoms with Gasteiger partial charge in [0.2, 0.25) is 0 Å². The van der Waals surface area contributed by atoms with E-state index in [9.17, 15) is 5.11 Å². The van der Waals surface area contributed by atoms with Crippen LogP contribution in [0.5, 0.6) is 0 Å². The minimum Gasteiger partial charge on any atom is -0.384 e. The van der Waals surface area contributed by atoms with Crippen LogP contribution in [0.1, 0.15) is 66.8 Å². The van der Waals surface area contributed by atoms with E-state index in [-0.39, 0.29) is 6.04 Å². The Morgan fingerprint density at radius 1 is 1.33 bits per heavy atom. The van der Waals surface area contributed by atoms with Crippen molar-refractivity contribution in [3.63, 3.8) is 0 Å². The van der Waals surface area contributed by atoms with Gasteiger partial charge in [-0.25, -0.2) is 9.67 Å². The highest BCUT2D eigenvalue weighted by molar-refractivity contribution is 7.11. The van der Waals surface area contributed by atoms with Crippen LogP contribution < -0.4 is 5.32 Å². The Hall–Kier alpha value is -1.31. The molecule has 3 rings (SSSR count). The molecule has 0 saturated heterocycles. The number of aryl methyl sites for hydroxylation is 2. The SMILES string of the molecule is Cc1nc(C)c(CN[C@H]2CCCC[C@H]2n2cc(C(C)(C)O)nn2)s1. The van der Waals surface area contributed by atoms with Crippen LogP contribution in [-0.2, 0) is 12.1 Å². The first kappa shape index (κ1) is 17.5. The molecule has 1 fully saturated rings. The predicted octanol–water partition coefficient (Wildman–Crippen LogP) is 2.85. The third-order valence-electron chi connectivity index (χ3n) is 4.73. The molecular weight excluding hydrogens is 322 g/mol. The lowest BCUT2D eigenvalue weighted by atomic mass is 9.90. The summed E-state index contributed by atoms with van der Waals surface area (Å²) in [5.74, 6) is 0. The average Bonchev–Trinajstić information content (AvgIpc) is 3.12. The van der Waals surface area contributed by atoms with E-state index in [1.54, 1.807) is 25.2 Å². The third-order valence-corrected chi connectivity index (χ3v) is 5.80. The number of aliphatic hydroxyl groups is 1. The van der Waals surface area contributed by atoms with E-state index in [0.717, 1.165) is 30.1 Å². The second-order valence-electron chi connectivity index (χ2n) is 7.22. The lowest BCUT2D eigenvalue weighted by Crippen LogP contribution is -2.39. The summed E-state index contributed by atoms with van der Waals surface area (Å²) >= 11 is 1.77. The zero-order chi connectivity index (χ0) is 17.3. The van der Waals surface area contributed by atoms with Crippen LogP contribution >= 0.6 is 11.3 Å². The fourth-order valence-electron chi connectivity index (χ4n) is 3.35. The van der Waals surface area contributed by atoms with Crippen LogP contribution in [0.25, 0.3) is 0 Å². The van der Waals surface area contributed by atoms with E-state index in [1.807, 2.05) is 10.9 Å². The Labute approximate surface area is 147 Å².